The van der Waals surface area contributed by atoms with Gasteiger partial charge in [0, 0.05) is 30.4 Å². The Balaban J connectivity index is 0.00000225. The Morgan fingerprint density at radius 2 is 1.92 bits per heavy atom. The number of benzene rings is 1. The molecule has 25 heavy (non-hydrogen) atoms. The molecule has 2 heteroatoms. The van der Waals surface area contributed by atoms with Gasteiger partial charge in [-0.05, 0) is 42.3 Å². The van der Waals surface area contributed by atoms with Crippen molar-refractivity contribution >= 4 is 10.8 Å². The zero-order valence-electron chi connectivity index (χ0n) is 15.1. The van der Waals surface area contributed by atoms with Crippen molar-refractivity contribution in [2.75, 3.05) is 0 Å². The predicted octanol–water partition coefficient (Wildman–Crippen LogP) is 6.49. The Labute approximate surface area is 154 Å². The fraction of sp³-hybridized carbons (Fsp3) is 0.609. The average Bonchev–Trinajstić information content (AvgIpc) is 2.64. The molecule has 0 saturated heterocycles. The van der Waals surface area contributed by atoms with Gasteiger partial charge in [0.05, 0.1) is 0 Å². The maximum absolute atomic E-state index is 4.18. The molecule has 0 amide bonds. The minimum Gasteiger partial charge on any atom is -0.310 e. The maximum Gasteiger partial charge on any atom is 0.0346 e. The molecule has 138 valence electrons. The van der Waals surface area contributed by atoms with Crippen LogP contribution in [0.1, 0.15) is 77.7 Å². The third kappa shape index (κ3) is 6.43. The molecule has 1 aromatic carbocycles. The monoisotopic (exact) mass is 340 g/mol. The van der Waals surface area contributed by atoms with Crippen molar-refractivity contribution in [1.29, 1.82) is 0 Å². The number of hydrogen-bond acceptors (Lipinski definition) is 2. The Hall–Kier alpha value is -1.41. The fourth-order valence-electron chi connectivity index (χ4n) is 4.00. The number of rotatable bonds is 8. The Morgan fingerprint density at radius 1 is 1.08 bits per heavy atom. The van der Waals surface area contributed by atoms with Crippen LogP contribution in [-0.2, 0) is 6.54 Å². The molecule has 0 unspecified atom stereocenters. The van der Waals surface area contributed by atoms with Crippen molar-refractivity contribution in [2.24, 2.45) is 5.92 Å². The van der Waals surface area contributed by atoms with Crippen LogP contribution in [0.3, 0.4) is 0 Å². The smallest absolute Gasteiger partial charge is 0.0346 e. The van der Waals surface area contributed by atoms with Gasteiger partial charge in [-0.3, -0.25) is 4.98 Å². The molecule has 2 nitrogen and oxygen atoms in total. The molecule has 1 aliphatic rings. The van der Waals surface area contributed by atoms with Gasteiger partial charge in [0.2, 0.25) is 0 Å². The minimum atomic E-state index is 0. The highest BCUT2D eigenvalue weighted by Crippen LogP contribution is 2.28. The van der Waals surface area contributed by atoms with Crippen molar-refractivity contribution in [2.45, 2.75) is 84.7 Å². The molecule has 1 heterocycles. The van der Waals surface area contributed by atoms with Gasteiger partial charge in [-0.1, -0.05) is 70.9 Å². The largest absolute Gasteiger partial charge is 0.310 e. The standard InChI is InChI=1S/C22H32N2.CH4/c1-18(7-5-6-10-19-8-3-2-4-9-19)24-16-20-11-12-22-17-23-14-13-21(22)15-20;/h11-15,17-19,24H,2-10,16H2,1H3;1H4/t18-;/m1./s1. The molecule has 1 N–H and O–H groups in total. The predicted molar refractivity (Wildman–Crippen MR) is 110 cm³/mol. The van der Waals surface area contributed by atoms with Crippen molar-refractivity contribution in [3.8, 4) is 0 Å². The molecule has 0 aliphatic heterocycles. The Bertz CT molecular complexity index is 616. The highest BCUT2D eigenvalue weighted by Gasteiger charge is 2.12. The van der Waals surface area contributed by atoms with E-state index < -0.39 is 0 Å². The van der Waals surface area contributed by atoms with Gasteiger partial charge in [-0.2, -0.15) is 0 Å². The van der Waals surface area contributed by atoms with Gasteiger partial charge >= 0.3 is 0 Å². The summed E-state index contributed by atoms with van der Waals surface area (Å²) < 4.78 is 0. The molecular weight excluding hydrogens is 304 g/mol. The second-order valence-electron chi connectivity index (χ2n) is 7.63. The summed E-state index contributed by atoms with van der Waals surface area (Å²) in [5.41, 5.74) is 1.36. The Morgan fingerprint density at radius 3 is 2.76 bits per heavy atom. The average molecular weight is 341 g/mol. The summed E-state index contributed by atoms with van der Waals surface area (Å²) in [7, 11) is 0. The molecule has 0 spiro atoms. The van der Waals surface area contributed by atoms with E-state index in [0.29, 0.717) is 6.04 Å². The zero-order chi connectivity index (χ0) is 16.6. The summed E-state index contributed by atoms with van der Waals surface area (Å²) in [5, 5.41) is 6.19. The van der Waals surface area contributed by atoms with Gasteiger partial charge in [0.25, 0.3) is 0 Å². The molecule has 1 aromatic heterocycles. The summed E-state index contributed by atoms with van der Waals surface area (Å²) in [4.78, 5) is 4.18. The molecule has 0 radical (unpaired) electrons. The Kier molecular flexibility index (Phi) is 8.40. The van der Waals surface area contributed by atoms with E-state index in [1.165, 1.54) is 74.1 Å². The molecule has 3 rings (SSSR count). The van der Waals surface area contributed by atoms with Crippen LogP contribution in [-0.4, -0.2) is 11.0 Å². The molecule has 1 aliphatic carbocycles. The van der Waals surface area contributed by atoms with Crippen molar-refractivity contribution < 1.29 is 0 Å². The number of fused-ring (bicyclic) bond motifs is 1. The van der Waals surface area contributed by atoms with Crippen molar-refractivity contribution in [3.63, 3.8) is 0 Å². The van der Waals surface area contributed by atoms with Crippen LogP contribution in [0.2, 0.25) is 0 Å². The molecular formula is C23H36N2. The van der Waals surface area contributed by atoms with Crippen LogP contribution in [0.4, 0.5) is 0 Å². The SMILES string of the molecule is C.C[C@H](CCCCC1CCCCC1)NCc1ccc2cnccc2c1. The second kappa shape index (κ2) is 10.6. The molecule has 1 saturated carbocycles. The summed E-state index contributed by atoms with van der Waals surface area (Å²) >= 11 is 0. The van der Waals surface area contributed by atoms with Crippen LogP contribution in [0.25, 0.3) is 10.8 Å². The molecule has 2 aromatic rings. The minimum absolute atomic E-state index is 0. The van der Waals surface area contributed by atoms with E-state index in [2.05, 4.69) is 41.5 Å². The fourth-order valence-corrected chi connectivity index (χ4v) is 4.00. The lowest BCUT2D eigenvalue weighted by Gasteiger charge is -2.21. The number of hydrogen-bond donors (Lipinski definition) is 1. The van der Waals surface area contributed by atoms with E-state index >= 15 is 0 Å². The number of nitrogens with zero attached hydrogens (tertiary/aromatic N) is 1. The first-order valence-electron chi connectivity index (χ1n) is 9.87. The summed E-state index contributed by atoms with van der Waals surface area (Å²) in [5.74, 6) is 1.04. The van der Waals surface area contributed by atoms with Crippen molar-refractivity contribution in [3.05, 3.63) is 42.2 Å². The van der Waals surface area contributed by atoms with Gasteiger partial charge in [0.1, 0.15) is 0 Å². The van der Waals surface area contributed by atoms with E-state index in [9.17, 15) is 0 Å². The molecule has 1 atom stereocenters. The topological polar surface area (TPSA) is 24.9 Å². The first-order chi connectivity index (χ1) is 11.8. The van der Waals surface area contributed by atoms with Gasteiger partial charge < -0.3 is 5.32 Å². The lowest BCUT2D eigenvalue weighted by Crippen LogP contribution is -2.25. The molecule has 0 bridgehead atoms. The van der Waals surface area contributed by atoms with Crippen LogP contribution in [0.15, 0.2) is 36.7 Å². The van der Waals surface area contributed by atoms with E-state index in [0.717, 1.165) is 12.5 Å². The zero-order valence-corrected chi connectivity index (χ0v) is 15.1. The normalized spacial score (nSPS) is 16.5. The van der Waals surface area contributed by atoms with Gasteiger partial charge in [-0.25, -0.2) is 0 Å². The first-order valence-corrected chi connectivity index (χ1v) is 9.87. The lowest BCUT2D eigenvalue weighted by molar-refractivity contribution is 0.325. The number of unbranched alkanes of at least 4 members (excludes halogenated alkanes) is 1. The van der Waals surface area contributed by atoms with Gasteiger partial charge in [0.15, 0.2) is 0 Å². The van der Waals surface area contributed by atoms with E-state index in [-0.39, 0.29) is 7.43 Å². The number of nitrogens with one attached hydrogen (secondary N) is 1. The van der Waals surface area contributed by atoms with Crippen LogP contribution >= 0.6 is 0 Å². The van der Waals surface area contributed by atoms with Crippen molar-refractivity contribution in [1.82, 2.24) is 10.3 Å². The highest BCUT2D eigenvalue weighted by atomic mass is 14.9. The van der Waals surface area contributed by atoms with Gasteiger partial charge in [-0.15, -0.1) is 0 Å². The first kappa shape index (κ1) is 19.9. The summed E-state index contributed by atoms with van der Waals surface area (Å²) in [6.07, 6.45) is 16.8. The quantitative estimate of drug-likeness (QED) is 0.555. The third-order valence-electron chi connectivity index (χ3n) is 5.58. The van der Waals surface area contributed by atoms with Crippen LogP contribution in [0, 0.1) is 5.92 Å². The van der Waals surface area contributed by atoms with E-state index in [1.807, 2.05) is 12.4 Å². The molecule has 1 fully saturated rings. The number of aromatic nitrogens is 1. The lowest BCUT2D eigenvalue weighted by atomic mass is 9.85. The number of pyridine rings is 1. The summed E-state index contributed by atoms with van der Waals surface area (Å²) in [6.45, 7) is 3.29. The third-order valence-corrected chi connectivity index (χ3v) is 5.58. The van der Waals surface area contributed by atoms with Crippen LogP contribution < -0.4 is 5.32 Å². The van der Waals surface area contributed by atoms with Crippen LogP contribution in [0.5, 0.6) is 0 Å². The highest BCUT2D eigenvalue weighted by molar-refractivity contribution is 5.81. The maximum atomic E-state index is 4.18. The van der Waals surface area contributed by atoms with E-state index in [1.54, 1.807) is 0 Å². The van der Waals surface area contributed by atoms with E-state index in [4.69, 9.17) is 0 Å². The summed E-state index contributed by atoms with van der Waals surface area (Å²) in [6, 6.07) is 9.36. The second-order valence-corrected chi connectivity index (χ2v) is 7.63.